The molecular weight excluding hydrogens is 224 g/mol. The number of benzene rings is 1. The van der Waals surface area contributed by atoms with E-state index in [0.717, 1.165) is 11.4 Å². The van der Waals surface area contributed by atoms with E-state index in [4.69, 9.17) is 0 Å². The fourth-order valence-electron chi connectivity index (χ4n) is 2.10. The number of nitrogens with zero attached hydrogens (tertiary/aromatic N) is 1. The first kappa shape index (κ1) is 12.7. The first-order valence-corrected chi connectivity index (χ1v) is 6.25. The molecule has 1 N–H and O–H groups in total. The predicted molar refractivity (Wildman–Crippen MR) is 74.1 cm³/mol. The summed E-state index contributed by atoms with van der Waals surface area (Å²) in [7, 11) is 0. The molecule has 0 unspecified atom stereocenters. The molecular formula is C15H20N2O. The van der Waals surface area contributed by atoms with Gasteiger partial charge < -0.3 is 0 Å². The van der Waals surface area contributed by atoms with Gasteiger partial charge in [-0.15, -0.1) is 0 Å². The Morgan fingerprint density at radius 2 is 1.89 bits per heavy atom. The summed E-state index contributed by atoms with van der Waals surface area (Å²) in [6.07, 6.45) is 0. The van der Waals surface area contributed by atoms with E-state index in [9.17, 15) is 4.79 Å². The first-order chi connectivity index (χ1) is 8.35. The van der Waals surface area contributed by atoms with Crippen LogP contribution in [0.1, 0.15) is 39.2 Å². The molecule has 1 aliphatic rings. The maximum atomic E-state index is 12.0. The monoisotopic (exact) mass is 244 g/mol. The van der Waals surface area contributed by atoms with Crippen LogP contribution < -0.4 is 10.4 Å². The highest BCUT2D eigenvalue weighted by atomic mass is 16.2. The molecule has 0 aliphatic carbocycles. The Labute approximate surface area is 108 Å². The lowest BCUT2D eigenvalue weighted by atomic mass is 9.90. The molecule has 3 nitrogen and oxygen atoms in total. The third-order valence-electron chi connectivity index (χ3n) is 3.57. The Balaban J connectivity index is 2.46. The Kier molecular flexibility index (Phi) is 2.93. The van der Waals surface area contributed by atoms with Gasteiger partial charge in [0.25, 0.3) is 0 Å². The summed E-state index contributed by atoms with van der Waals surface area (Å²) in [4.78, 5) is 12.0. The first-order valence-electron chi connectivity index (χ1n) is 6.25. The van der Waals surface area contributed by atoms with Gasteiger partial charge in [-0.1, -0.05) is 38.6 Å². The summed E-state index contributed by atoms with van der Waals surface area (Å²) in [6, 6.07) is 8.10. The van der Waals surface area contributed by atoms with Crippen LogP contribution in [-0.2, 0) is 4.79 Å². The number of hydrogen-bond donors (Lipinski definition) is 1. The van der Waals surface area contributed by atoms with Crippen LogP contribution in [0.4, 0.5) is 5.69 Å². The molecule has 1 saturated heterocycles. The fraction of sp³-hybridized carbons (Fsp3) is 0.400. The Hall–Kier alpha value is -1.77. The average molecular weight is 244 g/mol. The fourth-order valence-corrected chi connectivity index (χ4v) is 2.10. The van der Waals surface area contributed by atoms with Crippen molar-refractivity contribution in [3.05, 3.63) is 42.1 Å². The third-order valence-corrected chi connectivity index (χ3v) is 3.57. The van der Waals surface area contributed by atoms with Crippen LogP contribution in [0.2, 0.25) is 0 Å². The van der Waals surface area contributed by atoms with Crippen LogP contribution in [0, 0.1) is 5.41 Å². The van der Waals surface area contributed by atoms with Crippen LogP contribution in [0.3, 0.4) is 0 Å². The zero-order chi connectivity index (χ0) is 13.5. The minimum absolute atomic E-state index is 0.00828. The van der Waals surface area contributed by atoms with Crippen LogP contribution in [0.25, 0.3) is 0 Å². The van der Waals surface area contributed by atoms with Gasteiger partial charge in [0.2, 0.25) is 5.91 Å². The number of para-hydroxylation sites is 1. The van der Waals surface area contributed by atoms with Crippen molar-refractivity contribution in [3.63, 3.8) is 0 Å². The SMILES string of the molecule is C=C1N(c2ccccc2C(C)C)NC(=O)C1(C)C. The molecule has 3 heteroatoms. The van der Waals surface area contributed by atoms with E-state index in [1.54, 1.807) is 0 Å². The summed E-state index contributed by atoms with van der Waals surface area (Å²) >= 11 is 0. The van der Waals surface area contributed by atoms with Gasteiger partial charge in [0.15, 0.2) is 0 Å². The van der Waals surface area contributed by atoms with Gasteiger partial charge in [0.1, 0.15) is 0 Å². The largest absolute Gasteiger partial charge is 0.272 e. The molecule has 1 fully saturated rings. The molecule has 0 radical (unpaired) electrons. The summed E-state index contributed by atoms with van der Waals surface area (Å²) < 4.78 is 0. The van der Waals surface area contributed by atoms with Gasteiger partial charge in [-0.25, -0.2) is 0 Å². The van der Waals surface area contributed by atoms with Crippen LogP contribution in [0.5, 0.6) is 0 Å². The number of carbonyl (C=O) groups excluding carboxylic acids is 1. The number of hydrazine groups is 1. The van der Waals surface area contributed by atoms with E-state index in [-0.39, 0.29) is 5.91 Å². The molecule has 18 heavy (non-hydrogen) atoms. The molecule has 1 heterocycles. The number of nitrogens with one attached hydrogen (secondary N) is 1. The standard InChI is InChI=1S/C15H20N2O/c1-10(2)12-8-6-7-9-13(12)17-11(3)15(4,5)14(18)16-17/h6-10H,3H2,1-2,4-5H3,(H,16,18). The highest BCUT2D eigenvalue weighted by Crippen LogP contribution is 2.38. The van der Waals surface area contributed by atoms with E-state index >= 15 is 0 Å². The van der Waals surface area contributed by atoms with Crippen LogP contribution >= 0.6 is 0 Å². The van der Waals surface area contributed by atoms with Crippen LogP contribution in [0.15, 0.2) is 36.5 Å². The summed E-state index contributed by atoms with van der Waals surface area (Å²) in [5.74, 6) is 0.390. The molecule has 0 atom stereocenters. The van der Waals surface area contributed by atoms with Crippen molar-refractivity contribution in [2.45, 2.75) is 33.6 Å². The maximum absolute atomic E-state index is 12.0. The van der Waals surface area contributed by atoms with Crippen molar-refractivity contribution in [1.82, 2.24) is 5.43 Å². The molecule has 0 spiro atoms. The summed E-state index contributed by atoms with van der Waals surface area (Å²) in [5.41, 5.74) is 5.36. The molecule has 1 amide bonds. The molecule has 1 aliphatic heterocycles. The molecule has 0 bridgehead atoms. The van der Waals surface area contributed by atoms with E-state index < -0.39 is 5.41 Å². The Morgan fingerprint density at radius 3 is 2.39 bits per heavy atom. The van der Waals surface area contributed by atoms with Crippen molar-refractivity contribution < 1.29 is 4.79 Å². The smallest absolute Gasteiger partial charge is 0.250 e. The van der Waals surface area contributed by atoms with Gasteiger partial charge in [-0.2, -0.15) is 0 Å². The van der Waals surface area contributed by atoms with Gasteiger partial charge in [0.05, 0.1) is 11.1 Å². The Bertz CT molecular complexity index is 503. The van der Waals surface area contributed by atoms with Crippen molar-refractivity contribution in [2.75, 3.05) is 5.01 Å². The molecule has 0 saturated carbocycles. The number of anilines is 1. The molecule has 1 aromatic rings. The summed E-state index contributed by atoms with van der Waals surface area (Å²) in [6.45, 7) is 12.1. The van der Waals surface area contributed by atoms with Crippen LogP contribution in [-0.4, -0.2) is 5.91 Å². The zero-order valence-electron chi connectivity index (χ0n) is 11.4. The number of carbonyl (C=O) groups is 1. The van der Waals surface area contributed by atoms with Crippen molar-refractivity contribution in [2.24, 2.45) is 5.41 Å². The van der Waals surface area contributed by atoms with Crippen molar-refractivity contribution >= 4 is 11.6 Å². The number of hydrogen-bond acceptors (Lipinski definition) is 2. The summed E-state index contributed by atoms with van der Waals surface area (Å²) in [5, 5.41) is 1.82. The normalized spacial score (nSPS) is 18.4. The average Bonchev–Trinajstić information content (AvgIpc) is 2.53. The highest BCUT2D eigenvalue weighted by Gasteiger charge is 2.42. The van der Waals surface area contributed by atoms with Gasteiger partial charge in [-0.3, -0.25) is 15.2 Å². The van der Waals surface area contributed by atoms with Gasteiger partial charge in [0, 0.05) is 5.70 Å². The third kappa shape index (κ3) is 1.80. The molecule has 0 aromatic heterocycles. The second-order valence-corrected chi connectivity index (χ2v) is 5.56. The molecule has 2 rings (SSSR count). The predicted octanol–water partition coefficient (Wildman–Crippen LogP) is 3.20. The van der Waals surface area contributed by atoms with Crippen molar-refractivity contribution in [1.29, 1.82) is 0 Å². The molecule has 96 valence electrons. The Morgan fingerprint density at radius 1 is 1.28 bits per heavy atom. The van der Waals surface area contributed by atoms with E-state index in [0.29, 0.717) is 5.92 Å². The zero-order valence-corrected chi connectivity index (χ0v) is 11.4. The lowest BCUT2D eigenvalue weighted by Crippen LogP contribution is -2.33. The molecule has 1 aromatic carbocycles. The van der Waals surface area contributed by atoms with Gasteiger partial charge >= 0.3 is 0 Å². The highest BCUT2D eigenvalue weighted by molar-refractivity contribution is 5.92. The van der Waals surface area contributed by atoms with Gasteiger partial charge in [-0.05, 0) is 31.4 Å². The number of rotatable bonds is 2. The lowest BCUT2D eigenvalue weighted by Gasteiger charge is -2.25. The quantitative estimate of drug-likeness (QED) is 0.866. The number of amides is 1. The van der Waals surface area contributed by atoms with E-state index in [1.165, 1.54) is 5.56 Å². The second-order valence-electron chi connectivity index (χ2n) is 5.56. The van der Waals surface area contributed by atoms with E-state index in [2.05, 4.69) is 31.9 Å². The maximum Gasteiger partial charge on any atom is 0.250 e. The van der Waals surface area contributed by atoms with E-state index in [1.807, 2.05) is 37.1 Å². The second kappa shape index (κ2) is 4.16. The topological polar surface area (TPSA) is 32.3 Å². The lowest BCUT2D eigenvalue weighted by molar-refractivity contribution is -0.125. The minimum atomic E-state index is -0.551. The van der Waals surface area contributed by atoms with Crippen molar-refractivity contribution in [3.8, 4) is 0 Å². The minimum Gasteiger partial charge on any atom is -0.272 e.